The fraction of sp³-hybridized carbons (Fsp3) is 0.250. The Labute approximate surface area is 162 Å². The van der Waals surface area contributed by atoms with Crippen molar-refractivity contribution in [2.24, 2.45) is 0 Å². The van der Waals surface area contributed by atoms with Crippen molar-refractivity contribution in [3.8, 4) is 0 Å². The van der Waals surface area contributed by atoms with Crippen molar-refractivity contribution in [3.63, 3.8) is 0 Å². The summed E-state index contributed by atoms with van der Waals surface area (Å²) in [5, 5.41) is 5.60. The van der Waals surface area contributed by atoms with E-state index in [1.807, 2.05) is 19.9 Å². The third kappa shape index (κ3) is 4.28. The van der Waals surface area contributed by atoms with Crippen LogP contribution in [0.5, 0.6) is 0 Å². The number of anilines is 3. The van der Waals surface area contributed by atoms with Gasteiger partial charge in [-0.3, -0.25) is 14.4 Å². The largest absolute Gasteiger partial charge is 0.318 e. The zero-order chi connectivity index (χ0) is 19.6. The first-order chi connectivity index (χ1) is 12.8. The summed E-state index contributed by atoms with van der Waals surface area (Å²) < 4.78 is 0. The molecule has 27 heavy (non-hydrogen) atoms. The minimum absolute atomic E-state index is 0.0653. The molecule has 2 aromatic rings. The lowest BCUT2D eigenvalue weighted by molar-refractivity contribution is -0.132. The van der Waals surface area contributed by atoms with Crippen LogP contribution in [0.15, 0.2) is 36.4 Å². The maximum absolute atomic E-state index is 12.2. The Morgan fingerprint density at radius 3 is 2.11 bits per heavy atom. The van der Waals surface area contributed by atoms with Gasteiger partial charge in [0.2, 0.25) is 5.91 Å². The number of benzene rings is 2. The zero-order valence-corrected chi connectivity index (χ0v) is 15.9. The summed E-state index contributed by atoms with van der Waals surface area (Å²) in [5.41, 5.74) is 3.46. The highest BCUT2D eigenvalue weighted by Gasteiger charge is 2.23. The third-order valence-corrected chi connectivity index (χ3v) is 4.87. The Hall–Kier alpha value is -2.86. The molecule has 2 aromatic carbocycles. The maximum Gasteiger partial charge on any atom is 0.314 e. The predicted molar refractivity (Wildman–Crippen MR) is 106 cm³/mol. The molecule has 0 atom stereocenters. The molecule has 1 heterocycles. The summed E-state index contributed by atoms with van der Waals surface area (Å²) in [7, 11) is 0. The third-order valence-electron chi connectivity index (χ3n) is 4.47. The average molecular weight is 386 g/mol. The predicted octanol–water partition coefficient (Wildman–Crippen LogP) is 3.66. The first-order valence-electron chi connectivity index (χ1n) is 8.64. The summed E-state index contributed by atoms with van der Waals surface area (Å²) in [6, 6.07) is 10.3. The van der Waals surface area contributed by atoms with Crippen LogP contribution >= 0.6 is 11.6 Å². The van der Waals surface area contributed by atoms with Crippen LogP contribution in [0.3, 0.4) is 0 Å². The van der Waals surface area contributed by atoms with E-state index in [-0.39, 0.29) is 5.91 Å². The molecule has 0 spiro atoms. The molecule has 2 N–H and O–H groups in total. The number of nitrogens with one attached hydrogen (secondary N) is 2. The van der Waals surface area contributed by atoms with Crippen molar-refractivity contribution in [1.29, 1.82) is 0 Å². The Morgan fingerprint density at radius 1 is 0.963 bits per heavy atom. The van der Waals surface area contributed by atoms with Gasteiger partial charge in [-0.15, -0.1) is 0 Å². The highest BCUT2D eigenvalue weighted by Crippen LogP contribution is 2.28. The molecule has 1 fully saturated rings. The quantitative estimate of drug-likeness (QED) is 0.791. The molecule has 0 aliphatic carbocycles. The summed E-state index contributed by atoms with van der Waals surface area (Å²) in [6.07, 6.45) is 1.34. The van der Waals surface area contributed by atoms with E-state index in [4.69, 9.17) is 11.6 Å². The van der Waals surface area contributed by atoms with Gasteiger partial charge in [-0.05, 0) is 55.7 Å². The van der Waals surface area contributed by atoms with Crippen molar-refractivity contribution < 1.29 is 14.4 Å². The van der Waals surface area contributed by atoms with Gasteiger partial charge < -0.3 is 15.5 Å². The molecule has 0 unspecified atom stereocenters. The molecule has 0 radical (unpaired) electrons. The first-order valence-corrected chi connectivity index (χ1v) is 9.02. The highest BCUT2D eigenvalue weighted by atomic mass is 35.5. The van der Waals surface area contributed by atoms with Crippen molar-refractivity contribution in [3.05, 3.63) is 52.5 Å². The Morgan fingerprint density at radius 2 is 1.56 bits per heavy atom. The molecule has 6 nitrogen and oxygen atoms in total. The van der Waals surface area contributed by atoms with Crippen molar-refractivity contribution >= 4 is 46.4 Å². The van der Waals surface area contributed by atoms with Crippen LogP contribution in [0, 0.1) is 13.8 Å². The number of hydrogen-bond acceptors (Lipinski definition) is 3. The molecule has 1 aliphatic rings. The van der Waals surface area contributed by atoms with Gasteiger partial charge >= 0.3 is 11.8 Å². The lowest BCUT2D eigenvalue weighted by Gasteiger charge is -2.19. The Bertz CT molecular complexity index is 927. The van der Waals surface area contributed by atoms with E-state index in [0.717, 1.165) is 23.2 Å². The number of amides is 3. The van der Waals surface area contributed by atoms with Crippen LogP contribution in [-0.4, -0.2) is 24.3 Å². The van der Waals surface area contributed by atoms with Crippen LogP contribution < -0.4 is 15.5 Å². The molecular formula is C20H20ClN3O3. The van der Waals surface area contributed by atoms with Crippen LogP contribution in [-0.2, 0) is 14.4 Å². The lowest BCUT2D eigenvalue weighted by Crippen LogP contribution is -2.29. The Balaban J connectivity index is 1.70. The van der Waals surface area contributed by atoms with Gasteiger partial charge in [0, 0.05) is 35.1 Å². The van der Waals surface area contributed by atoms with E-state index in [2.05, 4.69) is 10.6 Å². The van der Waals surface area contributed by atoms with Gasteiger partial charge in [-0.1, -0.05) is 23.7 Å². The highest BCUT2D eigenvalue weighted by molar-refractivity contribution is 6.43. The molecule has 3 amide bonds. The summed E-state index contributed by atoms with van der Waals surface area (Å²) in [4.78, 5) is 38.1. The fourth-order valence-electron chi connectivity index (χ4n) is 2.93. The zero-order valence-electron chi connectivity index (χ0n) is 15.1. The van der Waals surface area contributed by atoms with Crippen LogP contribution in [0.1, 0.15) is 24.0 Å². The smallest absolute Gasteiger partial charge is 0.314 e. The number of aryl methyl sites for hydroxylation is 2. The summed E-state index contributed by atoms with van der Waals surface area (Å²) in [5.74, 6) is -1.53. The van der Waals surface area contributed by atoms with Crippen LogP contribution in [0.2, 0.25) is 5.02 Å². The average Bonchev–Trinajstić information content (AvgIpc) is 3.05. The van der Waals surface area contributed by atoms with E-state index in [0.29, 0.717) is 29.4 Å². The van der Waals surface area contributed by atoms with E-state index in [9.17, 15) is 14.4 Å². The normalized spacial score (nSPS) is 13.6. The minimum Gasteiger partial charge on any atom is -0.318 e. The number of carbonyl (C=O) groups is 3. The molecule has 0 bridgehead atoms. The fourth-order valence-corrected chi connectivity index (χ4v) is 3.11. The molecule has 140 valence electrons. The lowest BCUT2D eigenvalue weighted by atomic mass is 10.1. The number of hydrogen-bond donors (Lipinski definition) is 2. The molecular weight excluding hydrogens is 366 g/mol. The van der Waals surface area contributed by atoms with Gasteiger partial charge in [0.05, 0.1) is 0 Å². The Kier molecular flexibility index (Phi) is 5.46. The molecule has 0 aromatic heterocycles. The minimum atomic E-state index is -0.797. The monoisotopic (exact) mass is 385 g/mol. The maximum atomic E-state index is 12.2. The molecule has 3 rings (SSSR count). The SMILES string of the molecule is Cc1ccc(NC(=O)C(=O)Nc2ccc(C)c(N3CCCC3=O)c2)cc1Cl. The van der Waals surface area contributed by atoms with Crippen molar-refractivity contribution in [2.75, 3.05) is 22.1 Å². The summed E-state index contributed by atoms with van der Waals surface area (Å²) in [6.45, 7) is 4.41. The number of nitrogens with zero attached hydrogens (tertiary/aromatic N) is 1. The number of carbonyl (C=O) groups excluding carboxylic acids is 3. The van der Waals surface area contributed by atoms with Crippen molar-refractivity contribution in [2.45, 2.75) is 26.7 Å². The van der Waals surface area contributed by atoms with Crippen LogP contribution in [0.25, 0.3) is 0 Å². The van der Waals surface area contributed by atoms with E-state index < -0.39 is 11.8 Å². The summed E-state index contributed by atoms with van der Waals surface area (Å²) >= 11 is 6.03. The van der Waals surface area contributed by atoms with Gasteiger partial charge in [-0.2, -0.15) is 0 Å². The molecule has 0 saturated carbocycles. The molecule has 7 heteroatoms. The topological polar surface area (TPSA) is 78.5 Å². The standard InChI is InChI=1S/C20H20ClN3O3/c1-12-5-7-14(10-16(12)21)22-19(26)20(27)23-15-8-6-13(2)17(11-15)24-9-3-4-18(24)25/h5-8,10-11H,3-4,9H2,1-2H3,(H,22,26)(H,23,27). The van der Waals surface area contributed by atoms with Gasteiger partial charge in [-0.25, -0.2) is 0 Å². The molecule has 1 aliphatic heterocycles. The van der Waals surface area contributed by atoms with E-state index in [1.165, 1.54) is 0 Å². The second kappa shape index (κ2) is 7.80. The number of halogens is 1. The van der Waals surface area contributed by atoms with Crippen molar-refractivity contribution in [1.82, 2.24) is 0 Å². The van der Waals surface area contributed by atoms with E-state index in [1.54, 1.807) is 35.2 Å². The second-order valence-corrected chi connectivity index (χ2v) is 6.93. The van der Waals surface area contributed by atoms with E-state index >= 15 is 0 Å². The second-order valence-electron chi connectivity index (χ2n) is 6.52. The number of rotatable bonds is 3. The first kappa shape index (κ1) is 18.9. The van der Waals surface area contributed by atoms with Crippen LogP contribution in [0.4, 0.5) is 17.1 Å². The van der Waals surface area contributed by atoms with Gasteiger partial charge in [0.25, 0.3) is 0 Å². The van der Waals surface area contributed by atoms with Gasteiger partial charge in [0.1, 0.15) is 0 Å². The van der Waals surface area contributed by atoms with Gasteiger partial charge in [0.15, 0.2) is 0 Å². The molecule has 1 saturated heterocycles.